The van der Waals surface area contributed by atoms with Crippen LogP contribution in [0.25, 0.3) is 10.9 Å². The predicted molar refractivity (Wildman–Crippen MR) is 66.2 cm³/mol. The van der Waals surface area contributed by atoms with Gasteiger partial charge in [-0.1, -0.05) is 39.0 Å². The van der Waals surface area contributed by atoms with E-state index in [1.807, 2.05) is 0 Å². The zero-order valence-corrected chi connectivity index (χ0v) is 10.0. The van der Waals surface area contributed by atoms with E-state index in [-0.39, 0.29) is 0 Å². The molecule has 0 radical (unpaired) electrons. The second-order valence-electron chi connectivity index (χ2n) is 5.55. The monoisotopic (exact) mass is 201 g/mol. The van der Waals surface area contributed by atoms with Crippen LogP contribution in [0, 0.1) is 12.3 Å². The maximum Gasteiger partial charge on any atom is 0.0486 e. The molecule has 1 nitrogen and oxygen atoms in total. The minimum absolute atomic E-state index is 0.346. The number of rotatable bonds is 1. The second kappa shape index (κ2) is 3.41. The number of H-pyrrole nitrogens is 1. The normalized spacial score (nSPS) is 12.3. The first-order valence-corrected chi connectivity index (χ1v) is 5.53. The Balaban J connectivity index is 2.50. The lowest BCUT2D eigenvalue weighted by Gasteiger charge is -2.17. The fraction of sp³-hybridized carbons (Fsp3) is 0.429. The van der Waals surface area contributed by atoms with Gasteiger partial charge < -0.3 is 4.98 Å². The molecular formula is C14H19N. The first-order valence-electron chi connectivity index (χ1n) is 5.53. The summed E-state index contributed by atoms with van der Waals surface area (Å²) in [7, 11) is 0. The molecule has 0 amide bonds. The Hall–Kier alpha value is -1.24. The molecule has 0 atom stereocenters. The van der Waals surface area contributed by atoms with Gasteiger partial charge >= 0.3 is 0 Å². The number of benzene rings is 1. The maximum atomic E-state index is 3.38. The van der Waals surface area contributed by atoms with E-state index in [1.165, 1.54) is 22.0 Å². The van der Waals surface area contributed by atoms with Gasteiger partial charge in [-0.3, -0.25) is 0 Å². The van der Waals surface area contributed by atoms with Gasteiger partial charge in [0, 0.05) is 17.1 Å². The van der Waals surface area contributed by atoms with Crippen molar-refractivity contribution in [2.24, 2.45) is 5.41 Å². The van der Waals surface area contributed by atoms with E-state index < -0.39 is 0 Å². The zero-order chi connectivity index (χ0) is 11.1. The predicted octanol–water partition coefficient (Wildman–Crippen LogP) is 4.06. The smallest absolute Gasteiger partial charge is 0.0486 e. The molecule has 2 rings (SSSR count). The van der Waals surface area contributed by atoms with Crippen LogP contribution in [-0.2, 0) is 6.42 Å². The standard InChI is InChI=1S/C14H19N/c1-10-6-5-7-12-11(8-14(2,3)4)9-15-13(10)12/h5-7,9,15H,8H2,1-4H3. The number of para-hydroxylation sites is 1. The van der Waals surface area contributed by atoms with Crippen molar-refractivity contribution in [3.05, 3.63) is 35.5 Å². The van der Waals surface area contributed by atoms with Crippen LogP contribution in [0.3, 0.4) is 0 Å². The molecule has 0 spiro atoms. The summed E-state index contributed by atoms with van der Waals surface area (Å²) in [4.78, 5) is 3.38. The highest BCUT2D eigenvalue weighted by atomic mass is 14.7. The Morgan fingerprint density at radius 1 is 1.20 bits per heavy atom. The van der Waals surface area contributed by atoms with Crippen LogP contribution < -0.4 is 0 Å². The highest BCUT2D eigenvalue weighted by molar-refractivity contribution is 5.85. The van der Waals surface area contributed by atoms with E-state index >= 15 is 0 Å². The van der Waals surface area contributed by atoms with Gasteiger partial charge in [0.05, 0.1) is 0 Å². The molecule has 0 aliphatic rings. The van der Waals surface area contributed by atoms with Crippen molar-refractivity contribution in [2.75, 3.05) is 0 Å². The van der Waals surface area contributed by atoms with E-state index in [2.05, 4.69) is 57.1 Å². The topological polar surface area (TPSA) is 15.8 Å². The van der Waals surface area contributed by atoms with Gasteiger partial charge in [-0.15, -0.1) is 0 Å². The van der Waals surface area contributed by atoms with Crippen LogP contribution in [0.2, 0.25) is 0 Å². The van der Waals surface area contributed by atoms with Crippen molar-refractivity contribution in [3.63, 3.8) is 0 Å². The summed E-state index contributed by atoms with van der Waals surface area (Å²) in [5.74, 6) is 0. The third-order valence-electron chi connectivity index (χ3n) is 2.73. The molecule has 0 aliphatic carbocycles. The van der Waals surface area contributed by atoms with Crippen LogP contribution in [0.4, 0.5) is 0 Å². The quantitative estimate of drug-likeness (QED) is 0.716. The minimum Gasteiger partial charge on any atom is -0.361 e. The summed E-state index contributed by atoms with van der Waals surface area (Å²) in [5, 5.41) is 1.38. The molecule has 1 heteroatoms. The number of nitrogens with one attached hydrogen (secondary N) is 1. The third-order valence-corrected chi connectivity index (χ3v) is 2.73. The van der Waals surface area contributed by atoms with Gasteiger partial charge in [-0.05, 0) is 29.9 Å². The first kappa shape index (κ1) is 10.3. The molecule has 80 valence electrons. The molecule has 0 bridgehead atoms. The van der Waals surface area contributed by atoms with E-state index in [4.69, 9.17) is 0 Å². The molecule has 2 aromatic rings. The van der Waals surface area contributed by atoms with Crippen molar-refractivity contribution in [3.8, 4) is 0 Å². The summed E-state index contributed by atoms with van der Waals surface area (Å²) >= 11 is 0. The number of hydrogen-bond acceptors (Lipinski definition) is 0. The van der Waals surface area contributed by atoms with E-state index in [9.17, 15) is 0 Å². The van der Waals surface area contributed by atoms with E-state index in [0.29, 0.717) is 5.41 Å². The number of aromatic nitrogens is 1. The van der Waals surface area contributed by atoms with Crippen LogP contribution in [0.15, 0.2) is 24.4 Å². The lowest BCUT2D eigenvalue weighted by atomic mass is 9.88. The molecule has 0 saturated carbocycles. The van der Waals surface area contributed by atoms with Crippen molar-refractivity contribution in [1.29, 1.82) is 0 Å². The van der Waals surface area contributed by atoms with E-state index in [1.54, 1.807) is 0 Å². The Labute approximate surface area is 91.5 Å². The summed E-state index contributed by atoms with van der Waals surface area (Å²) in [5.41, 5.74) is 4.39. The first-order chi connectivity index (χ1) is 6.97. The molecule has 1 aromatic carbocycles. The van der Waals surface area contributed by atoms with Crippen molar-refractivity contribution in [1.82, 2.24) is 4.98 Å². The molecule has 15 heavy (non-hydrogen) atoms. The molecule has 1 aromatic heterocycles. The second-order valence-corrected chi connectivity index (χ2v) is 5.55. The Morgan fingerprint density at radius 2 is 1.93 bits per heavy atom. The lowest BCUT2D eigenvalue weighted by Crippen LogP contribution is -2.08. The van der Waals surface area contributed by atoms with Crippen LogP contribution in [0.1, 0.15) is 31.9 Å². The summed E-state index contributed by atoms with van der Waals surface area (Å²) in [6.45, 7) is 8.99. The molecule has 1 N–H and O–H groups in total. The Bertz CT molecular complexity index is 472. The molecule has 1 heterocycles. The molecule has 0 fully saturated rings. The van der Waals surface area contributed by atoms with Crippen molar-refractivity contribution in [2.45, 2.75) is 34.1 Å². The highest BCUT2D eigenvalue weighted by Crippen LogP contribution is 2.27. The van der Waals surface area contributed by atoms with Crippen LogP contribution in [-0.4, -0.2) is 4.98 Å². The van der Waals surface area contributed by atoms with Gasteiger partial charge in [0.2, 0.25) is 0 Å². The number of fused-ring (bicyclic) bond motifs is 1. The number of hydrogen-bond donors (Lipinski definition) is 1. The molecule has 0 saturated heterocycles. The molecular weight excluding hydrogens is 182 g/mol. The van der Waals surface area contributed by atoms with Crippen molar-refractivity contribution < 1.29 is 0 Å². The maximum absolute atomic E-state index is 3.38. The van der Waals surface area contributed by atoms with Gasteiger partial charge in [-0.2, -0.15) is 0 Å². The van der Waals surface area contributed by atoms with Gasteiger partial charge in [0.15, 0.2) is 0 Å². The third kappa shape index (κ3) is 2.06. The van der Waals surface area contributed by atoms with Gasteiger partial charge in [-0.25, -0.2) is 0 Å². The largest absolute Gasteiger partial charge is 0.361 e. The summed E-state index contributed by atoms with van der Waals surface area (Å²) in [6.07, 6.45) is 3.28. The average Bonchev–Trinajstić information content (AvgIpc) is 2.48. The lowest BCUT2D eigenvalue weighted by molar-refractivity contribution is 0.412. The minimum atomic E-state index is 0.346. The number of aryl methyl sites for hydroxylation is 1. The summed E-state index contributed by atoms with van der Waals surface area (Å²) < 4.78 is 0. The zero-order valence-electron chi connectivity index (χ0n) is 10.0. The highest BCUT2D eigenvalue weighted by Gasteiger charge is 2.14. The summed E-state index contributed by atoms with van der Waals surface area (Å²) in [6, 6.07) is 6.50. The fourth-order valence-corrected chi connectivity index (χ4v) is 2.08. The van der Waals surface area contributed by atoms with Gasteiger partial charge in [0.1, 0.15) is 0 Å². The van der Waals surface area contributed by atoms with Crippen LogP contribution in [0.5, 0.6) is 0 Å². The molecule has 0 unspecified atom stereocenters. The Morgan fingerprint density at radius 3 is 2.60 bits per heavy atom. The van der Waals surface area contributed by atoms with Crippen molar-refractivity contribution >= 4 is 10.9 Å². The Kier molecular flexibility index (Phi) is 2.34. The van der Waals surface area contributed by atoms with Crippen LogP contribution >= 0.6 is 0 Å². The average molecular weight is 201 g/mol. The van der Waals surface area contributed by atoms with E-state index in [0.717, 1.165) is 6.42 Å². The van der Waals surface area contributed by atoms with Gasteiger partial charge in [0.25, 0.3) is 0 Å². The fourth-order valence-electron chi connectivity index (χ4n) is 2.08. The number of aromatic amines is 1. The SMILES string of the molecule is Cc1cccc2c(CC(C)(C)C)c[nH]c12. The molecule has 0 aliphatic heterocycles.